The highest BCUT2D eigenvalue weighted by Gasteiger charge is 2.29. The van der Waals surface area contributed by atoms with Gasteiger partial charge in [0.25, 0.3) is 5.91 Å². The largest absolute Gasteiger partial charge is 0.480 e. The SMILES string of the molecule is O=C(O)[C@@H]1CN(C(=O)c2cccc3ccnn23)CCN1. The van der Waals surface area contributed by atoms with E-state index in [1.54, 1.807) is 27.7 Å². The van der Waals surface area contributed by atoms with Crippen LogP contribution in [0.15, 0.2) is 30.5 Å². The number of nitrogens with zero attached hydrogens (tertiary/aromatic N) is 3. The van der Waals surface area contributed by atoms with E-state index < -0.39 is 12.0 Å². The number of aliphatic carboxylic acids is 1. The summed E-state index contributed by atoms with van der Waals surface area (Å²) in [4.78, 5) is 25.1. The van der Waals surface area contributed by atoms with Crippen LogP contribution in [0.1, 0.15) is 10.5 Å². The summed E-state index contributed by atoms with van der Waals surface area (Å²) in [6.07, 6.45) is 1.63. The molecule has 3 heterocycles. The molecule has 2 aromatic heterocycles. The zero-order valence-electron chi connectivity index (χ0n) is 10.7. The molecule has 0 radical (unpaired) electrons. The van der Waals surface area contributed by atoms with E-state index in [2.05, 4.69) is 10.4 Å². The van der Waals surface area contributed by atoms with Gasteiger partial charge in [0.1, 0.15) is 11.7 Å². The van der Waals surface area contributed by atoms with Gasteiger partial charge in [0.05, 0.1) is 11.7 Å². The van der Waals surface area contributed by atoms with Gasteiger partial charge in [-0.05, 0) is 18.2 Å². The normalized spacial score (nSPS) is 19.2. The van der Waals surface area contributed by atoms with Crippen LogP contribution < -0.4 is 5.32 Å². The van der Waals surface area contributed by atoms with Gasteiger partial charge >= 0.3 is 5.97 Å². The van der Waals surface area contributed by atoms with Crippen LogP contribution in [0.25, 0.3) is 5.52 Å². The second kappa shape index (κ2) is 4.93. The molecule has 1 aliphatic heterocycles. The van der Waals surface area contributed by atoms with Gasteiger partial charge in [0.2, 0.25) is 0 Å². The van der Waals surface area contributed by atoms with Crippen LogP contribution in [-0.4, -0.2) is 57.2 Å². The summed E-state index contributed by atoms with van der Waals surface area (Å²) in [6.45, 7) is 1.11. The van der Waals surface area contributed by atoms with Crippen LogP contribution in [0.3, 0.4) is 0 Å². The lowest BCUT2D eigenvalue weighted by atomic mass is 10.2. The Kier molecular flexibility index (Phi) is 3.11. The van der Waals surface area contributed by atoms with E-state index >= 15 is 0 Å². The first-order valence-electron chi connectivity index (χ1n) is 6.35. The van der Waals surface area contributed by atoms with Crippen molar-refractivity contribution < 1.29 is 14.7 Å². The number of carboxylic acids is 1. The van der Waals surface area contributed by atoms with Crippen LogP contribution in [-0.2, 0) is 4.79 Å². The Morgan fingerprint density at radius 1 is 1.35 bits per heavy atom. The number of piperazine rings is 1. The van der Waals surface area contributed by atoms with Gasteiger partial charge in [-0.1, -0.05) is 6.07 Å². The van der Waals surface area contributed by atoms with Crippen molar-refractivity contribution in [1.82, 2.24) is 19.8 Å². The maximum absolute atomic E-state index is 12.5. The molecule has 7 heteroatoms. The average molecular weight is 274 g/mol. The van der Waals surface area contributed by atoms with Gasteiger partial charge in [-0.25, -0.2) is 4.52 Å². The zero-order valence-corrected chi connectivity index (χ0v) is 10.7. The minimum atomic E-state index is -0.945. The van der Waals surface area contributed by atoms with Crippen LogP contribution in [0.2, 0.25) is 0 Å². The molecule has 0 spiro atoms. The molecule has 1 aliphatic rings. The number of carbonyl (C=O) groups is 2. The van der Waals surface area contributed by atoms with Crippen molar-refractivity contribution in [2.75, 3.05) is 19.6 Å². The third-order valence-corrected chi connectivity index (χ3v) is 3.40. The van der Waals surface area contributed by atoms with Crippen LogP contribution >= 0.6 is 0 Å². The van der Waals surface area contributed by atoms with Crippen molar-refractivity contribution in [3.05, 3.63) is 36.2 Å². The molecule has 3 rings (SSSR count). The van der Waals surface area contributed by atoms with Gasteiger partial charge in [-0.2, -0.15) is 5.10 Å². The minimum Gasteiger partial charge on any atom is -0.480 e. The lowest BCUT2D eigenvalue weighted by Gasteiger charge is -2.31. The maximum Gasteiger partial charge on any atom is 0.322 e. The number of rotatable bonds is 2. The van der Waals surface area contributed by atoms with Crippen molar-refractivity contribution in [1.29, 1.82) is 0 Å². The molecule has 1 saturated heterocycles. The molecule has 104 valence electrons. The fourth-order valence-corrected chi connectivity index (χ4v) is 2.37. The standard InChI is InChI=1S/C13H14N4O3/c18-12(16-7-6-14-10(8-16)13(19)20)11-3-1-2-9-4-5-15-17(9)11/h1-5,10,14H,6-8H2,(H,19,20)/t10-/m0/s1. The molecule has 7 nitrogen and oxygen atoms in total. The summed E-state index contributed by atoms with van der Waals surface area (Å²) in [5, 5.41) is 16.0. The molecule has 2 N–H and O–H groups in total. The van der Waals surface area contributed by atoms with E-state index in [0.29, 0.717) is 18.8 Å². The smallest absolute Gasteiger partial charge is 0.322 e. The predicted molar refractivity (Wildman–Crippen MR) is 70.5 cm³/mol. The van der Waals surface area contributed by atoms with Crippen LogP contribution in [0.5, 0.6) is 0 Å². The highest BCUT2D eigenvalue weighted by Crippen LogP contribution is 2.11. The number of pyridine rings is 1. The quantitative estimate of drug-likeness (QED) is 0.794. The van der Waals surface area contributed by atoms with E-state index in [-0.39, 0.29) is 12.5 Å². The van der Waals surface area contributed by atoms with Gasteiger partial charge in [0, 0.05) is 19.6 Å². The summed E-state index contributed by atoms with van der Waals surface area (Å²) < 4.78 is 1.57. The first-order valence-corrected chi connectivity index (χ1v) is 6.35. The molecule has 1 amide bonds. The fraction of sp³-hybridized carbons (Fsp3) is 0.308. The molecule has 2 aromatic rings. The number of nitrogens with one attached hydrogen (secondary N) is 1. The summed E-state index contributed by atoms with van der Waals surface area (Å²) >= 11 is 0. The highest BCUT2D eigenvalue weighted by atomic mass is 16.4. The highest BCUT2D eigenvalue weighted by molar-refractivity contribution is 5.93. The van der Waals surface area contributed by atoms with Crippen LogP contribution in [0, 0.1) is 0 Å². The Hall–Kier alpha value is -2.41. The van der Waals surface area contributed by atoms with Crippen molar-refractivity contribution in [2.45, 2.75) is 6.04 Å². The molecule has 0 saturated carbocycles. The molecule has 0 unspecified atom stereocenters. The summed E-state index contributed by atoms with van der Waals surface area (Å²) in [5.74, 6) is -1.15. The molecular weight excluding hydrogens is 260 g/mol. The Morgan fingerprint density at radius 2 is 2.20 bits per heavy atom. The molecule has 0 bridgehead atoms. The van der Waals surface area contributed by atoms with E-state index in [1.165, 1.54) is 0 Å². The molecule has 1 fully saturated rings. The summed E-state index contributed by atoms with van der Waals surface area (Å²) in [6, 6.07) is 6.45. The lowest BCUT2D eigenvalue weighted by molar-refractivity contribution is -0.140. The minimum absolute atomic E-state index is 0.159. The first kappa shape index (κ1) is 12.6. The average Bonchev–Trinajstić information content (AvgIpc) is 2.95. The number of carboxylic acid groups (broad SMARTS) is 1. The fourth-order valence-electron chi connectivity index (χ4n) is 2.37. The van der Waals surface area contributed by atoms with E-state index in [0.717, 1.165) is 5.52 Å². The Morgan fingerprint density at radius 3 is 3.00 bits per heavy atom. The number of hydrogen-bond donors (Lipinski definition) is 2. The zero-order chi connectivity index (χ0) is 14.1. The Labute approximate surface area is 114 Å². The van der Waals surface area contributed by atoms with Crippen molar-refractivity contribution in [2.24, 2.45) is 0 Å². The first-order chi connectivity index (χ1) is 9.66. The van der Waals surface area contributed by atoms with Crippen molar-refractivity contribution >= 4 is 17.4 Å². The molecule has 20 heavy (non-hydrogen) atoms. The van der Waals surface area contributed by atoms with E-state index in [1.807, 2.05) is 12.1 Å². The number of carbonyl (C=O) groups excluding carboxylic acids is 1. The van der Waals surface area contributed by atoms with Crippen molar-refractivity contribution in [3.8, 4) is 0 Å². The second-order valence-corrected chi connectivity index (χ2v) is 4.68. The monoisotopic (exact) mass is 274 g/mol. The lowest BCUT2D eigenvalue weighted by Crippen LogP contribution is -2.55. The van der Waals surface area contributed by atoms with Crippen molar-refractivity contribution in [3.63, 3.8) is 0 Å². The third-order valence-electron chi connectivity index (χ3n) is 3.40. The van der Waals surface area contributed by atoms with E-state index in [4.69, 9.17) is 5.11 Å². The number of amides is 1. The van der Waals surface area contributed by atoms with Crippen LogP contribution in [0.4, 0.5) is 0 Å². The Bertz CT molecular complexity index is 666. The second-order valence-electron chi connectivity index (χ2n) is 4.68. The van der Waals surface area contributed by atoms with Gasteiger partial charge < -0.3 is 15.3 Å². The number of fused-ring (bicyclic) bond motifs is 1. The molecular formula is C13H14N4O3. The van der Waals surface area contributed by atoms with Gasteiger partial charge in [0.15, 0.2) is 0 Å². The van der Waals surface area contributed by atoms with Gasteiger partial charge in [-0.15, -0.1) is 0 Å². The molecule has 0 aromatic carbocycles. The van der Waals surface area contributed by atoms with E-state index in [9.17, 15) is 9.59 Å². The maximum atomic E-state index is 12.5. The summed E-state index contributed by atoms with van der Waals surface area (Å²) in [5.41, 5.74) is 1.28. The topological polar surface area (TPSA) is 86.9 Å². The predicted octanol–water partition coefficient (Wildman–Crippen LogP) is -0.167. The number of hydrogen-bond acceptors (Lipinski definition) is 4. The molecule has 1 atom stereocenters. The molecule has 0 aliphatic carbocycles. The summed E-state index contributed by atoms with van der Waals surface area (Å²) in [7, 11) is 0. The van der Waals surface area contributed by atoms with Gasteiger partial charge in [-0.3, -0.25) is 9.59 Å². The number of aromatic nitrogens is 2. The third kappa shape index (κ3) is 2.12. The Balaban J connectivity index is 1.88.